The highest BCUT2D eigenvalue weighted by Gasteiger charge is 2.15. The van der Waals surface area contributed by atoms with Crippen molar-refractivity contribution in [1.82, 2.24) is 9.04 Å². The second-order valence-corrected chi connectivity index (χ2v) is 4.81. The lowest BCUT2D eigenvalue weighted by molar-refractivity contribution is 0.0822. The highest BCUT2D eigenvalue weighted by atomic mass is 79.9. The first kappa shape index (κ1) is 11.1. The van der Waals surface area contributed by atoms with E-state index in [4.69, 9.17) is 0 Å². The van der Waals surface area contributed by atoms with Gasteiger partial charge in [-0.3, -0.25) is 0 Å². The third kappa shape index (κ3) is 3.30. The average Bonchev–Trinajstić information content (AvgIpc) is 2.46. The van der Waals surface area contributed by atoms with Crippen molar-refractivity contribution >= 4 is 16.1 Å². The fourth-order valence-electron chi connectivity index (χ4n) is 1.91. The van der Waals surface area contributed by atoms with Crippen LogP contribution in [-0.2, 0) is 6.54 Å². The predicted molar refractivity (Wildman–Crippen MR) is 66.3 cm³/mol. The molecule has 0 spiro atoms. The summed E-state index contributed by atoms with van der Waals surface area (Å²) in [5, 5.41) is 2.38. The van der Waals surface area contributed by atoms with Gasteiger partial charge in [-0.25, -0.2) is 5.01 Å². The number of rotatable bonds is 2. The summed E-state index contributed by atoms with van der Waals surface area (Å²) in [6.07, 6.45) is 3.93. The van der Waals surface area contributed by atoms with E-state index in [1.54, 1.807) is 0 Å². The van der Waals surface area contributed by atoms with Crippen LogP contribution >= 0.6 is 16.1 Å². The van der Waals surface area contributed by atoms with E-state index >= 15 is 0 Å². The standard InChI is InChI=1S/C12H17BrN2/c13-15-10-6-2-5-9-14(15)11-12-7-3-1-4-8-12/h1,3-4,7-8H,2,5-6,9-11H2. The molecule has 0 N–H and O–H groups in total. The van der Waals surface area contributed by atoms with Crippen molar-refractivity contribution in [3.8, 4) is 0 Å². The van der Waals surface area contributed by atoms with Crippen LogP contribution in [0.4, 0.5) is 0 Å². The molecule has 0 atom stereocenters. The van der Waals surface area contributed by atoms with Crippen molar-refractivity contribution in [3.05, 3.63) is 35.9 Å². The molecule has 3 heteroatoms. The van der Waals surface area contributed by atoms with Crippen molar-refractivity contribution in [2.45, 2.75) is 25.8 Å². The quantitative estimate of drug-likeness (QED) is 0.761. The van der Waals surface area contributed by atoms with Crippen molar-refractivity contribution in [2.24, 2.45) is 0 Å². The fourth-order valence-corrected chi connectivity index (χ4v) is 2.43. The lowest BCUT2D eigenvalue weighted by Crippen LogP contribution is -2.34. The van der Waals surface area contributed by atoms with Gasteiger partial charge in [-0.2, -0.15) is 4.03 Å². The third-order valence-corrected chi connectivity index (χ3v) is 3.58. The second kappa shape index (κ2) is 5.64. The summed E-state index contributed by atoms with van der Waals surface area (Å²) < 4.78 is 2.19. The summed E-state index contributed by atoms with van der Waals surface area (Å²) in [5.74, 6) is 0. The Labute approximate surface area is 100 Å². The smallest absolute Gasteiger partial charge is 0.0392 e. The topological polar surface area (TPSA) is 6.48 Å². The highest BCUT2D eigenvalue weighted by Crippen LogP contribution is 2.17. The summed E-state index contributed by atoms with van der Waals surface area (Å²) in [6.45, 7) is 3.28. The van der Waals surface area contributed by atoms with Crippen LogP contribution in [0.2, 0.25) is 0 Å². The van der Waals surface area contributed by atoms with E-state index in [2.05, 4.69) is 55.5 Å². The molecule has 0 radical (unpaired) electrons. The molecule has 1 fully saturated rings. The van der Waals surface area contributed by atoms with Crippen LogP contribution in [0.15, 0.2) is 30.3 Å². The Morgan fingerprint density at radius 3 is 2.53 bits per heavy atom. The van der Waals surface area contributed by atoms with E-state index in [-0.39, 0.29) is 0 Å². The van der Waals surface area contributed by atoms with Gasteiger partial charge >= 0.3 is 0 Å². The van der Waals surface area contributed by atoms with Gasteiger partial charge in [-0.1, -0.05) is 36.8 Å². The van der Waals surface area contributed by atoms with E-state index in [1.807, 2.05) is 0 Å². The van der Waals surface area contributed by atoms with Crippen LogP contribution in [0.5, 0.6) is 0 Å². The first-order chi connectivity index (χ1) is 7.36. The summed E-state index contributed by atoms with van der Waals surface area (Å²) in [4.78, 5) is 0. The molecule has 0 aliphatic carbocycles. The van der Waals surface area contributed by atoms with Crippen LogP contribution in [0.25, 0.3) is 0 Å². The number of nitrogens with zero attached hydrogens (tertiary/aromatic N) is 2. The Morgan fingerprint density at radius 1 is 1.00 bits per heavy atom. The summed E-state index contributed by atoms with van der Waals surface area (Å²) in [7, 11) is 0. The van der Waals surface area contributed by atoms with Crippen LogP contribution in [0.3, 0.4) is 0 Å². The van der Waals surface area contributed by atoms with Crippen LogP contribution < -0.4 is 0 Å². The second-order valence-electron chi connectivity index (χ2n) is 3.99. The normalized spacial score (nSPS) is 20.1. The van der Waals surface area contributed by atoms with E-state index in [1.165, 1.54) is 24.8 Å². The largest absolute Gasteiger partial charge is 0.227 e. The van der Waals surface area contributed by atoms with Gasteiger partial charge in [0.05, 0.1) is 0 Å². The molecule has 1 aliphatic heterocycles. The van der Waals surface area contributed by atoms with E-state index in [0.29, 0.717) is 0 Å². The fraction of sp³-hybridized carbons (Fsp3) is 0.500. The molecule has 0 unspecified atom stereocenters. The lowest BCUT2D eigenvalue weighted by atomic mass is 10.2. The monoisotopic (exact) mass is 268 g/mol. The molecule has 1 aliphatic rings. The van der Waals surface area contributed by atoms with Crippen molar-refractivity contribution in [1.29, 1.82) is 0 Å². The lowest BCUT2D eigenvalue weighted by Gasteiger charge is -2.27. The van der Waals surface area contributed by atoms with E-state index in [0.717, 1.165) is 19.6 Å². The number of hydrogen-bond donors (Lipinski definition) is 0. The van der Waals surface area contributed by atoms with Crippen molar-refractivity contribution in [3.63, 3.8) is 0 Å². The maximum absolute atomic E-state index is 3.62. The van der Waals surface area contributed by atoms with Crippen LogP contribution in [0.1, 0.15) is 24.8 Å². The van der Waals surface area contributed by atoms with Gasteiger partial charge in [0.1, 0.15) is 0 Å². The Kier molecular flexibility index (Phi) is 4.18. The Balaban J connectivity index is 1.97. The van der Waals surface area contributed by atoms with Gasteiger partial charge in [0, 0.05) is 35.8 Å². The molecule has 2 rings (SSSR count). The average molecular weight is 269 g/mol. The van der Waals surface area contributed by atoms with Gasteiger partial charge in [0.15, 0.2) is 0 Å². The van der Waals surface area contributed by atoms with Crippen LogP contribution in [0, 0.1) is 0 Å². The molecule has 1 saturated heterocycles. The number of hydrazine groups is 1. The molecule has 0 aromatic heterocycles. The zero-order valence-corrected chi connectivity index (χ0v) is 10.5. The summed E-state index contributed by atoms with van der Waals surface area (Å²) in [5.41, 5.74) is 1.38. The third-order valence-electron chi connectivity index (χ3n) is 2.77. The maximum atomic E-state index is 3.62. The van der Waals surface area contributed by atoms with Gasteiger partial charge in [-0.15, -0.1) is 0 Å². The van der Waals surface area contributed by atoms with Crippen LogP contribution in [-0.4, -0.2) is 22.1 Å². The molecular weight excluding hydrogens is 252 g/mol. The highest BCUT2D eigenvalue weighted by molar-refractivity contribution is 9.07. The number of benzene rings is 1. The minimum absolute atomic E-state index is 1.01. The Morgan fingerprint density at radius 2 is 1.73 bits per heavy atom. The molecule has 0 saturated carbocycles. The predicted octanol–water partition coefficient (Wildman–Crippen LogP) is 3.20. The minimum atomic E-state index is 1.01. The van der Waals surface area contributed by atoms with Gasteiger partial charge in [0.2, 0.25) is 0 Å². The molecular formula is C12H17BrN2. The van der Waals surface area contributed by atoms with E-state index < -0.39 is 0 Å². The number of halogens is 1. The molecule has 15 heavy (non-hydrogen) atoms. The SMILES string of the molecule is BrN1CCCCCN1Cc1ccccc1. The Bertz CT molecular complexity index is 289. The summed E-state index contributed by atoms with van der Waals surface area (Å²) >= 11 is 3.62. The summed E-state index contributed by atoms with van der Waals surface area (Å²) in [6, 6.07) is 10.6. The molecule has 1 aromatic carbocycles. The molecule has 2 nitrogen and oxygen atoms in total. The molecule has 0 bridgehead atoms. The van der Waals surface area contributed by atoms with Gasteiger partial charge in [-0.05, 0) is 18.4 Å². The first-order valence-electron chi connectivity index (χ1n) is 5.58. The Hall–Kier alpha value is -0.380. The molecule has 1 heterocycles. The van der Waals surface area contributed by atoms with Crippen molar-refractivity contribution in [2.75, 3.05) is 13.1 Å². The zero-order chi connectivity index (χ0) is 10.5. The molecule has 82 valence electrons. The first-order valence-corrected chi connectivity index (χ1v) is 6.29. The molecule has 0 amide bonds. The van der Waals surface area contributed by atoms with E-state index in [9.17, 15) is 0 Å². The maximum Gasteiger partial charge on any atom is 0.0392 e. The molecule has 1 aromatic rings. The van der Waals surface area contributed by atoms with Gasteiger partial charge in [0.25, 0.3) is 0 Å². The van der Waals surface area contributed by atoms with Crippen molar-refractivity contribution < 1.29 is 0 Å². The van der Waals surface area contributed by atoms with Gasteiger partial charge < -0.3 is 0 Å². The minimum Gasteiger partial charge on any atom is -0.227 e. The number of hydrogen-bond acceptors (Lipinski definition) is 2. The zero-order valence-electron chi connectivity index (χ0n) is 8.90.